The number of aryl methyl sites for hydroxylation is 2. The lowest BCUT2D eigenvalue weighted by molar-refractivity contribution is -0.145. The second kappa shape index (κ2) is 13.5. The average Bonchev–Trinajstić information content (AvgIpc) is 3.50. The number of halogens is 3. The Balaban J connectivity index is 1.45. The first-order valence-electron chi connectivity index (χ1n) is 13.9. The lowest BCUT2D eigenvalue weighted by Crippen LogP contribution is -2.47. The monoisotopic (exact) mass is 573 g/mol. The third-order valence-electron chi connectivity index (χ3n) is 7.36. The highest BCUT2D eigenvalue weighted by Crippen LogP contribution is 2.30. The molecule has 2 N–H and O–H groups in total. The van der Waals surface area contributed by atoms with E-state index in [1.54, 1.807) is 24.1 Å². The van der Waals surface area contributed by atoms with Crippen molar-refractivity contribution >= 4 is 28.4 Å². The Morgan fingerprint density at radius 2 is 1.78 bits per heavy atom. The molecule has 0 saturated carbocycles. The van der Waals surface area contributed by atoms with Crippen molar-refractivity contribution in [1.82, 2.24) is 30.4 Å². The maximum atomic E-state index is 13.6. The van der Waals surface area contributed by atoms with E-state index in [1.807, 2.05) is 31.8 Å². The summed E-state index contributed by atoms with van der Waals surface area (Å²) in [6, 6.07) is 8.28. The van der Waals surface area contributed by atoms with Crippen LogP contribution in [0.15, 0.2) is 30.3 Å². The minimum atomic E-state index is -2.56. The van der Waals surface area contributed by atoms with Crippen molar-refractivity contribution in [3.05, 3.63) is 58.5 Å². The fraction of sp³-hybridized carbons (Fsp3) is 0.483. The number of alkyl halides is 2. The lowest BCUT2D eigenvalue weighted by Gasteiger charge is -2.28. The van der Waals surface area contributed by atoms with Crippen LogP contribution in [0.3, 0.4) is 0 Å². The van der Waals surface area contributed by atoms with Crippen molar-refractivity contribution in [3.63, 3.8) is 0 Å². The largest absolute Gasteiger partial charge is 0.315 e. The highest BCUT2D eigenvalue weighted by atomic mass is 19.3. The molecule has 0 unspecified atom stereocenters. The molecule has 222 valence electrons. The molecule has 2 aromatic carbocycles. The molecule has 0 radical (unpaired) electrons. The number of carbonyl (C=O) groups is 2. The van der Waals surface area contributed by atoms with Crippen molar-refractivity contribution in [3.8, 4) is 0 Å². The fourth-order valence-corrected chi connectivity index (χ4v) is 5.15. The molecule has 0 spiro atoms. The summed E-state index contributed by atoms with van der Waals surface area (Å²) in [7, 11) is 1.66. The van der Waals surface area contributed by atoms with Gasteiger partial charge in [0, 0.05) is 44.3 Å². The Morgan fingerprint density at radius 1 is 1.05 bits per heavy atom. The second-order valence-electron chi connectivity index (χ2n) is 10.2. The molecule has 9 nitrogen and oxygen atoms in total. The van der Waals surface area contributed by atoms with E-state index in [9.17, 15) is 22.8 Å². The molecule has 1 aliphatic heterocycles. The third-order valence-corrected chi connectivity index (χ3v) is 7.36. The Hall–Kier alpha value is -3.48. The van der Waals surface area contributed by atoms with E-state index < -0.39 is 13.0 Å². The summed E-state index contributed by atoms with van der Waals surface area (Å²) in [4.78, 5) is 28.0. The fourth-order valence-electron chi connectivity index (χ4n) is 5.15. The molecule has 0 aliphatic carbocycles. The van der Waals surface area contributed by atoms with Crippen LogP contribution in [0.5, 0.6) is 0 Å². The molecule has 0 atom stereocenters. The first kappa shape index (κ1) is 30.5. The van der Waals surface area contributed by atoms with Crippen LogP contribution in [-0.4, -0.2) is 77.8 Å². The first-order chi connectivity index (χ1) is 19.6. The Labute approximate surface area is 238 Å². The zero-order valence-electron chi connectivity index (χ0n) is 24.0. The van der Waals surface area contributed by atoms with Gasteiger partial charge in [-0.3, -0.25) is 24.6 Å². The molecule has 0 fully saturated rings. The van der Waals surface area contributed by atoms with Crippen LogP contribution in [0.4, 0.5) is 18.9 Å². The number of carbonyl (C=O) groups excluding carboxylic acids is 2. The minimum absolute atomic E-state index is 0.0659. The number of hydrogen-bond donors (Lipinski definition) is 2. The van der Waals surface area contributed by atoms with Gasteiger partial charge in [-0.25, -0.2) is 18.2 Å². The molecule has 0 saturated heterocycles. The molecule has 1 aromatic heterocycles. The number of rotatable bonds is 13. The normalized spacial score (nSPS) is 13.3. The van der Waals surface area contributed by atoms with Gasteiger partial charge in [-0.05, 0) is 60.8 Å². The van der Waals surface area contributed by atoms with Gasteiger partial charge in [0.25, 0.3) is 12.3 Å². The average molecular weight is 574 g/mol. The molecule has 4 rings (SSSR count). The SMILES string of the molecule is CCNCCN(C(=O)CNCC(=O)N(C)N1Cc2ccc(F)cc2C1)c1cc2c(cc1C)c(CC)nn2CC(F)F. The number of hydrogen-bond acceptors (Lipinski definition) is 6. The Kier molecular flexibility index (Phi) is 10.0. The summed E-state index contributed by atoms with van der Waals surface area (Å²) in [6.45, 7) is 7.65. The van der Waals surface area contributed by atoms with Crippen LogP contribution in [0.1, 0.15) is 36.2 Å². The number of anilines is 1. The van der Waals surface area contributed by atoms with E-state index in [-0.39, 0.29) is 30.7 Å². The highest BCUT2D eigenvalue weighted by molar-refractivity contribution is 5.98. The van der Waals surface area contributed by atoms with Gasteiger partial charge in [0.05, 0.1) is 24.3 Å². The minimum Gasteiger partial charge on any atom is -0.315 e. The topological polar surface area (TPSA) is 85.7 Å². The molecule has 1 aliphatic rings. The summed E-state index contributed by atoms with van der Waals surface area (Å²) in [5.41, 5.74) is 4.55. The quantitative estimate of drug-likeness (QED) is 0.306. The number of nitrogens with one attached hydrogen (secondary N) is 2. The number of fused-ring (bicyclic) bond motifs is 2. The number of aromatic nitrogens is 2. The summed E-state index contributed by atoms with van der Waals surface area (Å²) in [5.74, 6) is -0.788. The van der Waals surface area contributed by atoms with Gasteiger partial charge in [-0.1, -0.05) is 19.9 Å². The van der Waals surface area contributed by atoms with E-state index >= 15 is 0 Å². The zero-order chi connectivity index (χ0) is 29.7. The summed E-state index contributed by atoms with van der Waals surface area (Å²) in [6.07, 6.45) is -1.96. The van der Waals surface area contributed by atoms with Crippen LogP contribution < -0.4 is 15.5 Å². The first-order valence-corrected chi connectivity index (χ1v) is 13.9. The number of likely N-dealkylation sites (N-methyl/N-ethyl adjacent to an activating group) is 2. The summed E-state index contributed by atoms with van der Waals surface area (Å²) >= 11 is 0. The Morgan fingerprint density at radius 3 is 2.49 bits per heavy atom. The highest BCUT2D eigenvalue weighted by Gasteiger charge is 2.26. The van der Waals surface area contributed by atoms with E-state index in [2.05, 4.69) is 15.7 Å². The van der Waals surface area contributed by atoms with Crippen LogP contribution in [-0.2, 0) is 35.6 Å². The Bertz CT molecular complexity index is 1390. The smallest absolute Gasteiger partial charge is 0.257 e. The van der Waals surface area contributed by atoms with Crippen molar-refractivity contribution in [2.75, 3.05) is 44.7 Å². The predicted octanol–water partition coefficient (Wildman–Crippen LogP) is 3.23. The predicted molar refractivity (Wildman–Crippen MR) is 152 cm³/mol. The summed E-state index contributed by atoms with van der Waals surface area (Å²) < 4.78 is 41.5. The third kappa shape index (κ3) is 7.06. The zero-order valence-corrected chi connectivity index (χ0v) is 24.0. The van der Waals surface area contributed by atoms with Crippen LogP contribution in [0.25, 0.3) is 10.9 Å². The van der Waals surface area contributed by atoms with Crippen molar-refractivity contribution in [1.29, 1.82) is 0 Å². The van der Waals surface area contributed by atoms with Gasteiger partial charge in [0.2, 0.25) is 5.91 Å². The number of nitrogens with zero attached hydrogens (tertiary/aromatic N) is 5. The van der Waals surface area contributed by atoms with Crippen molar-refractivity contribution in [2.24, 2.45) is 0 Å². The molecule has 2 amide bonds. The van der Waals surface area contributed by atoms with Crippen LogP contribution in [0, 0.1) is 12.7 Å². The van der Waals surface area contributed by atoms with Gasteiger partial charge >= 0.3 is 0 Å². The van der Waals surface area contributed by atoms with Gasteiger partial charge in [-0.2, -0.15) is 5.10 Å². The molecule has 0 bridgehead atoms. The lowest BCUT2D eigenvalue weighted by atomic mass is 10.1. The molecule has 41 heavy (non-hydrogen) atoms. The molecule has 3 aromatic rings. The summed E-state index contributed by atoms with van der Waals surface area (Å²) in [5, 5.41) is 14.7. The van der Waals surface area contributed by atoms with Crippen LogP contribution >= 0.6 is 0 Å². The van der Waals surface area contributed by atoms with Gasteiger partial charge < -0.3 is 10.2 Å². The van der Waals surface area contributed by atoms with Gasteiger partial charge in [0.1, 0.15) is 12.4 Å². The second-order valence-corrected chi connectivity index (χ2v) is 10.2. The van der Waals surface area contributed by atoms with E-state index in [1.165, 1.54) is 21.8 Å². The maximum absolute atomic E-state index is 13.6. The van der Waals surface area contributed by atoms with E-state index in [0.717, 1.165) is 34.3 Å². The van der Waals surface area contributed by atoms with Gasteiger partial charge in [0.15, 0.2) is 0 Å². The number of benzene rings is 2. The molecular weight excluding hydrogens is 535 g/mol. The van der Waals surface area contributed by atoms with Crippen LogP contribution in [0.2, 0.25) is 0 Å². The standard InChI is InChI=1S/C29H38F3N7O2/c1-5-24-23-11-19(3)25(13-26(23)39(35-24)18-27(31)32)38(10-9-33-6-2)29(41)15-34-14-28(40)36(4)37-16-20-7-8-22(30)12-21(20)17-37/h7-8,11-13,27,33-34H,5-6,9-10,14-18H2,1-4H3. The molecular formula is C29H38F3N7O2. The van der Waals surface area contributed by atoms with Crippen molar-refractivity contribution in [2.45, 2.75) is 53.3 Å². The van der Waals surface area contributed by atoms with Gasteiger partial charge in [-0.15, -0.1) is 0 Å². The van der Waals surface area contributed by atoms with E-state index in [0.29, 0.717) is 43.8 Å². The molecule has 2 heterocycles. The van der Waals surface area contributed by atoms with E-state index in [4.69, 9.17) is 0 Å². The maximum Gasteiger partial charge on any atom is 0.257 e. The van der Waals surface area contributed by atoms with Crippen molar-refractivity contribution < 1.29 is 22.8 Å². The molecule has 12 heteroatoms. The number of hydrazine groups is 1. The number of amides is 2.